The molecule has 2 nitrogen and oxygen atoms in total. The Hall–Kier alpha value is -3.87. The molecule has 1 aromatic heterocycles. The smallest absolute Gasteiger partial charge is 0.115 e. The molecule has 3 heteroatoms. The maximum absolute atomic E-state index is 10.0. The van der Waals surface area contributed by atoms with Crippen LogP contribution in [0.3, 0.4) is 0 Å². The van der Waals surface area contributed by atoms with E-state index in [4.69, 9.17) is 4.98 Å². The molecule has 3 aromatic carbocycles. The fourth-order valence-electron chi connectivity index (χ4n) is 3.55. The van der Waals surface area contributed by atoms with E-state index in [9.17, 15) is 5.26 Å². The highest BCUT2D eigenvalue weighted by Gasteiger charge is 2.11. The summed E-state index contributed by atoms with van der Waals surface area (Å²) in [6, 6.07) is 29.7. The predicted octanol–water partition coefficient (Wildman–Crippen LogP) is 8.51. The Morgan fingerprint density at radius 3 is 1.77 bits per heavy atom. The van der Waals surface area contributed by atoms with Gasteiger partial charge in [-0.2, -0.15) is 5.26 Å². The molecule has 0 N–H and O–H groups in total. The highest BCUT2D eigenvalue weighted by Crippen LogP contribution is 2.29. The molecule has 0 saturated heterocycles. The molecule has 0 bridgehead atoms. The quantitative estimate of drug-likeness (QED) is 0.253. The summed E-state index contributed by atoms with van der Waals surface area (Å²) < 4.78 is 0. The molecule has 0 radical (unpaired) electrons. The lowest BCUT2D eigenvalue weighted by Gasteiger charge is -2.09. The number of pyridine rings is 1. The van der Waals surface area contributed by atoms with Gasteiger partial charge in [0.1, 0.15) is 11.1 Å². The number of thioether (sulfide) groups is 1. The minimum absolute atomic E-state index is 0.609. The molecule has 0 aliphatic carbocycles. The maximum atomic E-state index is 10.0. The van der Waals surface area contributed by atoms with Crippen LogP contribution >= 0.6 is 11.8 Å². The van der Waals surface area contributed by atoms with E-state index in [0.717, 1.165) is 33.2 Å². The van der Waals surface area contributed by atoms with Crippen LogP contribution in [0, 0.1) is 32.1 Å². The topological polar surface area (TPSA) is 36.7 Å². The van der Waals surface area contributed by atoms with Gasteiger partial charge >= 0.3 is 0 Å². The van der Waals surface area contributed by atoms with Crippen LogP contribution in [0.1, 0.15) is 50.2 Å². The zero-order chi connectivity index (χ0) is 24.6. The van der Waals surface area contributed by atoms with Crippen LogP contribution in [0.15, 0.2) is 83.9 Å². The minimum atomic E-state index is 0.609. The Morgan fingerprint density at radius 2 is 1.23 bits per heavy atom. The molecular formula is C32H28N2S. The Morgan fingerprint density at radius 1 is 0.714 bits per heavy atom. The molecule has 0 aliphatic rings. The van der Waals surface area contributed by atoms with Gasteiger partial charge in [0.25, 0.3) is 0 Å². The van der Waals surface area contributed by atoms with Gasteiger partial charge in [0.15, 0.2) is 0 Å². The first kappa shape index (κ1) is 24.3. The lowest BCUT2D eigenvalue weighted by Crippen LogP contribution is -1.95. The van der Waals surface area contributed by atoms with Gasteiger partial charge in [-0.05, 0) is 55.2 Å². The first-order chi connectivity index (χ1) is 17.0. The number of aryl methyl sites for hydroxylation is 3. The molecule has 0 saturated carbocycles. The van der Waals surface area contributed by atoms with Gasteiger partial charge in [0, 0.05) is 5.75 Å². The van der Waals surface area contributed by atoms with Crippen LogP contribution in [0.5, 0.6) is 0 Å². The largest absolute Gasteiger partial charge is 0.241 e. The van der Waals surface area contributed by atoms with Crippen molar-refractivity contribution in [1.82, 2.24) is 4.98 Å². The second-order valence-electron chi connectivity index (χ2n) is 8.69. The number of nitriles is 1. The van der Waals surface area contributed by atoms with Crippen LogP contribution in [0.2, 0.25) is 0 Å². The summed E-state index contributed by atoms with van der Waals surface area (Å²) in [7, 11) is 0. The highest BCUT2D eigenvalue weighted by atomic mass is 32.2. The van der Waals surface area contributed by atoms with E-state index in [1.54, 1.807) is 11.8 Å². The zero-order valence-electron chi connectivity index (χ0n) is 20.3. The van der Waals surface area contributed by atoms with Crippen molar-refractivity contribution >= 4 is 36.1 Å². The summed E-state index contributed by atoms with van der Waals surface area (Å²) in [5, 5.41) is 10.8. The van der Waals surface area contributed by atoms with Crippen molar-refractivity contribution in [2.24, 2.45) is 0 Å². The predicted molar refractivity (Wildman–Crippen MR) is 150 cm³/mol. The third-order valence-electron chi connectivity index (χ3n) is 5.70. The van der Waals surface area contributed by atoms with Gasteiger partial charge in [-0.15, -0.1) is 11.8 Å². The van der Waals surface area contributed by atoms with Crippen molar-refractivity contribution in [3.63, 3.8) is 0 Å². The van der Waals surface area contributed by atoms with Gasteiger partial charge in [-0.3, -0.25) is 0 Å². The summed E-state index contributed by atoms with van der Waals surface area (Å²) in [4.78, 5) is 4.86. The number of nitrogens with zero attached hydrogens (tertiary/aromatic N) is 2. The van der Waals surface area contributed by atoms with E-state index in [1.807, 2.05) is 18.2 Å². The van der Waals surface area contributed by atoms with Crippen molar-refractivity contribution < 1.29 is 0 Å². The Labute approximate surface area is 212 Å². The third-order valence-corrected chi connectivity index (χ3v) is 6.75. The molecule has 0 unspecified atom stereocenters. The number of hydrogen-bond donors (Lipinski definition) is 0. The number of benzene rings is 3. The first-order valence-corrected chi connectivity index (χ1v) is 12.6. The Kier molecular flexibility index (Phi) is 7.98. The molecule has 1 heterocycles. The van der Waals surface area contributed by atoms with Crippen LogP contribution < -0.4 is 0 Å². The molecule has 0 aliphatic heterocycles. The van der Waals surface area contributed by atoms with E-state index < -0.39 is 0 Å². The molecule has 0 amide bonds. The molecule has 35 heavy (non-hydrogen) atoms. The van der Waals surface area contributed by atoms with Gasteiger partial charge in [0.2, 0.25) is 0 Å². The van der Waals surface area contributed by atoms with Crippen molar-refractivity contribution in [2.45, 2.75) is 31.6 Å². The highest BCUT2D eigenvalue weighted by molar-refractivity contribution is 7.98. The maximum Gasteiger partial charge on any atom is 0.115 e. The Balaban J connectivity index is 1.69. The van der Waals surface area contributed by atoms with Crippen molar-refractivity contribution in [1.29, 1.82) is 5.26 Å². The summed E-state index contributed by atoms with van der Waals surface area (Å²) in [6.07, 6.45) is 8.15. The molecule has 0 fully saturated rings. The lowest BCUT2D eigenvalue weighted by molar-refractivity contribution is 1.09. The summed E-state index contributed by atoms with van der Waals surface area (Å²) in [6.45, 7) is 6.25. The van der Waals surface area contributed by atoms with E-state index in [0.29, 0.717) is 5.56 Å². The van der Waals surface area contributed by atoms with Crippen LogP contribution in [0.4, 0.5) is 0 Å². The minimum Gasteiger partial charge on any atom is -0.241 e. The molecular weight excluding hydrogens is 444 g/mol. The summed E-state index contributed by atoms with van der Waals surface area (Å²) in [5.41, 5.74) is 9.44. The van der Waals surface area contributed by atoms with Crippen molar-refractivity contribution in [3.8, 4) is 6.07 Å². The number of aromatic nitrogens is 1. The van der Waals surface area contributed by atoms with E-state index in [2.05, 4.69) is 112 Å². The van der Waals surface area contributed by atoms with E-state index in [-0.39, 0.29) is 0 Å². The number of hydrogen-bond acceptors (Lipinski definition) is 3. The van der Waals surface area contributed by atoms with Crippen LogP contribution in [-0.4, -0.2) is 4.98 Å². The van der Waals surface area contributed by atoms with E-state index in [1.165, 1.54) is 22.3 Å². The lowest BCUT2D eigenvalue weighted by atomic mass is 10.1. The van der Waals surface area contributed by atoms with Crippen LogP contribution in [0.25, 0.3) is 24.3 Å². The monoisotopic (exact) mass is 472 g/mol. The Bertz CT molecular complexity index is 1390. The fourth-order valence-corrected chi connectivity index (χ4v) is 4.53. The second kappa shape index (κ2) is 11.5. The SMILES string of the molecule is Cc1ccc(C=Cc2cc(C=Cc3ccc(C)cc3)c(C#N)c(SCc3ccc(C)cc3)n2)cc1. The number of rotatable bonds is 7. The fraction of sp³-hybridized carbons (Fsp3) is 0.125. The molecule has 0 spiro atoms. The molecule has 4 rings (SSSR count). The van der Waals surface area contributed by atoms with E-state index >= 15 is 0 Å². The summed E-state index contributed by atoms with van der Waals surface area (Å²) >= 11 is 1.60. The molecule has 172 valence electrons. The first-order valence-electron chi connectivity index (χ1n) is 11.6. The van der Waals surface area contributed by atoms with Crippen LogP contribution in [-0.2, 0) is 5.75 Å². The third kappa shape index (κ3) is 6.82. The average molecular weight is 473 g/mol. The van der Waals surface area contributed by atoms with Gasteiger partial charge in [-0.25, -0.2) is 4.98 Å². The molecule has 0 atom stereocenters. The van der Waals surface area contributed by atoms with Gasteiger partial charge in [0.05, 0.1) is 11.3 Å². The summed E-state index contributed by atoms with van der Waals surface area (Å²) in [5.74, 6) is 0.758. The van der Waals surface area contributed by atoms with Gasteiger partial charge in [-0.1, -0.05) is 108 Å². The standard InChI is InChI=1S/C32H28N2S/c1-23-4-10-26(11-5-23)16-18-29-20-30(19-17-27-12-6-24(2)7-13-27)34-32(31(29)21-33)35-22-28-14-8-25(3)9-15-28/h4-20H,22H2,1-3H3. The second-order valence-corrected chi connectivity index (χ2v) is 9.65. The normalized spacial score (nSPS) is 11.3. The molecule has 4 aromatic rings. The zero-order valence-corrected chi connectivity index (χ0v) is 21.1. The van der Waals surface area contributed by atoms with Crippen molar-refractivity contribution in [3.05, 3.63) is 129 Å². The van der Waals surface area contributed by atoms with Gasteiger partial charge < -0.3 is 0 Å². The van der Waals surface area contributed by atoms with Crippen molar-refractivity contribution in [2.75, 3.05) is 0 Å². The average Bonchev–Trinajstić information content (AvgIpc) is 2.87.